The van der Waals surface area contributed by atoms with Gasteiger partial charge in [-0.05, 0) is 43.2 Å². The van der Waals surface area contributed by atoms with Gasteiger partial charge in [-0.15, -0.1) is 5.10 Å². The molecule has 1 aromatic carbocycles. The number of hydrogen-bond acceptors (Lipinski definition) is 5. The maximum atomic E-state index is 12.1. The van der Waals surface area contributed by atoms with Crippen LogP contribution in [0.25, 0.3) is 0 Å². The second kappa shape index (κ2) is 9.18. The molecule has 0 atom stereocenters. The second-order valence-electron chi connectivity index (χ2n) is 6.23. The van der Waals surface area contributed by atoms with Gasteiger partial charge in [-0.3, -0.25) is 4.79 Å². The molecule has 9 heteroatoms. The van der Waals surface area contributed by atoms with Crippen molar-refractivity contribution in [2.75, 3.05) is 29.9 Å². The molecule has 1 saturated heterocycles. The maximum Gasteiger partial charge on any atom is 0.319 e. The molecule has 0 radical (unpaired) electrons. The number of benzene rings is 1. The molecular weight excluding hydrogens is 368 g/mol. The lowest BCUT2D eigenvalue weighted by Gasteiger charge is -2.32. The number of carbonyl (C=O) groups is 2. The van der Waals surface area contributed by atoms with E-state index in [1.807, 2.05) is 12.1 Å². The van der Waals surface area contributed by atoms with E-state index in [2.05, 4.69) is 31.0 Å². The summed E-state index contributed by atoms with van der Waals surface area (Å²) in [5, 5.41) is 16.6. The van der Waals surface area contributed by atoms with E-state index >= 15 is 0 Å². The van der Waals surface area contributed by atoms with Gasteiger partial charge in [0.05, 0.1) is 6.54 Å². The van der Waals surface area contributed by atoms with E-state index in [1.54, 1.807) is 30.5 Å². The molecule has 3 N–H and O–H groups in total. The molecule has 3 amide bonds. The molecule has 1 aliphatic rings. The second-order valence-corrected chi connectivity index (χ2v) is 6.67. The standard InChI is InChI=1S/C18H21ClN6O2/c19-13-3-1-4-15(11-13)23-18(27)20-12-17(26)22-14-6-9-25(10-7-14)16-5-2-8-21-24-16/h1-5,8,11,14H,6-7,9-10,12H2,(H,22,26)(H2,20,23,27). The van der Waals surface area contributed by atoms with Gasteiger partial charge in [0.1, 0.15) is 0 Å². The maximum absolute atomic E-state index is 12.1. The number of halogens is 1. The van der Waals surface area contributed by atoms with Crippen LogP contribution < -0.4 is 20.9 Å². The number of rotatable bonds is 5. The Morgan fingerprint density at radius 1 is 1.19 bits per heavy atom. The zero-order valence-corrected chi connectivity index (χ0v) is 15.4. The van der Waals surface area contributed by atoms with E-state index in [0.29, 0.717) is 10.7 Å². The van der Waals surface area contributed by atoms with Crippen molar-refractivity contribution in [3.63, 3.8) is 0 Å². The van der Waals surface area contributed by atoms with Crippen LogP contribution in [0.5, 0.6) is 0 Å². The zero-order valence-electron chi connectivity index (χ0n) is 14.7. The van der Waals surface area contributed by atoms with Crippen LogP contribution in [0.2, 0.25) is 5.02 Å². The van der Waals surface area contributed by atoms with Gasteiger partial charge in [0.2, 0.25) is 5.91 Å². The zero-order chi connectivity index (χ0) is 19.1. The van der Waals surface area contributed by atoms with Gasteiger partial charge in [0.15, 0.2) is 5.82 Å². The molecular formula is C18H21ClN6O2. The van der Waals surface area contributed by atoms with E-state index in [1.165, 1.54) is 0 Å². The highest BCUT2D eigenvalue weighted by Crippen LogP contribution is 2.17. The normalized spacial score (nSPS) is 14.5. The summed E-state index contributed by atoms with van der Waals surface area (Å²) >= 11 is 5.87. The lowest BCUT2D eigenvalue weighted by atomic mass is 10.1. The van der Waals surface area contributed by atoms with Crippen LogP contribution in [0.3, 0.4) is 0 Å². The summed E-state index contributed by atoms with van der Waals surface area (Å²) < 4.78 is 0. The van der Waals surface area contributed by atoms with Crippen molar-refractivity contribution in [2.24, 2.45) is 0 Å². The fourth-order valence-electron chi connectivity index (χ4n) is 2.90. The third-order valence-corrected chi connectivity index (χ3v) is 4.47. The van der Waals surface area contributed by atoms with Crippen molar-refractivity contribution in [1.29, 1.82) is 0 Å². The quantitative estimate of drug-likeness (QED) is 0.727. The first-order valence-corrected chi connectivity index (χ1v) is 9.10. The monoisotopic (exact) mass is 388 g/mol. The first-order chi connectivity index (χ1) is 13.1. The molecule has 2 aromatic rings. The summed E-state index contributed by atoms with van der Waals surface area (Å²) in [5.41, 5.74) is 0.566. The summed E-state index contributed by atoms with van der Waals surface area (Å²) in [6, 6.07) is 10.2. The number of nitrogens with one attached hydrogen (secondary N) is 3. The Morgan fingerprint density at radius 2 is 2.00 bits per heavy atom. The minimum absolute atomic E-state index is 0.0863. The fraction of sp³-hybridized carbons (Fsp3) is 0.333. The van der Waals surface area contributed by atoms with Crippen LogP contribution in [0.4, 0.5) is 16.3 Å². The Bertz CT molecular complexity index is 780. The SMILES string of the molecule is O=C(CNC(=O)Nc1cccc(Cl)c1)NC1CCN(c2cccnn2)CC1. The fourth-order valence-corrected chi connectivity index (χ4v) is 3.09. The number of hydrogen-bond donors (Lipinski definition) is 3. The number of nitrogens with zero attached hydrogens (tertiary/aromatic N) is 3. The van der Waals surface area contributed by atoms with Gasteiger partial charge >= 0.3 is 6.03 Å². The summed E-state index contributed by atoms with van der Waals surface area (Å²) in [5.74, 6) is 0.635. The topological polar surface area (TPSA) is 99.2 Å². The highest BCUT2D eigenvalue weighted by atomic mass is 35.5. The molecule has 0 saturated carbocycles. The van der Waals surface area contributed by atoms with Gasteiger partial charge in [-0.25, -0.2) is 4.79 Å². The molecule has 1 fully saturated rings. The molecule has 0 bridgehead atoms. The van der Waals surface area contributed by atoms with E-state index in [0.717, 1.165) is 31.7 Å². The molecule has 142 valence electrons. The Morgan fingerprint density at radius 3 is 2.70 bits per heavy atom. The lowest BCUT2D eigenvalue weighted by Crippen LogP contribution is -2.48. The third kappa shape index (κ3) is 5.82. The first-order valence-electron chi connectivity index (χ1n) is 8.72. The Labute approximate surface area is 162 Å². The average molecular weight is 389 g/mol. The number of amides is 3. The van der Waals surface area contributed by atoms with Crippen molar-refractivity contribution < 1.29 is 9.59 Å². The first kappa shape index (κ1) is 18.9. The number of piperidine rings is 1. The summed E-state index contributed by atoms with van der Waals surface area (Å²) in [7, 11) is 0. The number of carbonyl (C=O) groups excluding carboxylic acids is 2. The van der Waals surface area contributed by atoms with E-state index in [-0.39, 0.29) is 18.5 Å². The average Bonchev–Trinajstić information content (AvgIpc) is 2.68. The minimum Gasteiger partial charge on any atom is -0.355 e. The van der Waals surface area contributed by atoms with Gasteiger partial charge in [-0.1, -0.05) is 17.7 Å². The van der Waals surface area contributed by atoms with E-state index < -0.39 is 6.03 Å². The summed E-state index contributed by atoms with van der Waals surface area (Å²) in [6.07, 6.45) is 3.28. The smallest absolute Gasteiger partial charge is 0.319 e. The number of aromatic nitrogens is 2. The molecule has 0 aliphatic carbocycles. The van der Waals surface area contributed by atoms with E-state index in [4.69, 9.17) is 11.6 Å². The van der Waals surface area contributed by atoms with Crippen LogP contribution in [-0.4, -0.2) is 47.8 Å². The van der Waals surface area contributed by atoms with Gasteiger partial charge in [0, 0.05) is 36.0 Å². The van der Waals surface area contributed by atoms with Crippen molar-refractivity contribution in [2.45, 2.75) is 18.9 Å². The van der Waals surface area contributed by atoms with Crippen molar-refractivity contribution >= 4 is 35.0 Å². The molecule has 27 heavy (non-hydrogen) atoms. The Balaban J connectivity index is 1.37. The minimum atomic E-state index is -0.454. The Kier molecular flexibility index (Phi) is 6.43. The van der Waals surface area contributed by atoms with Gasteiger partial charge < -0.3 is 20.9 Å². The molecule has 0 spiro atoms. The van der Waals surface area contributed by atoms with Crippen molar-refractivity contribution in [3.8, 4) is 0 Å². The highest BCUT2D eigenvalue weighted by Gasteiger charge is 2.21. The highest BCUT2D eigenvalue weighted by molar-refractivity contribution is 6.30. The van der Waals surface area contributed by atoms with Crippen molar-refractivity contribution in [1.82, 2.24) is 20.8 Å². The predicted molar refractivity (Wildman–Crippen MR) is 104 cm³/mol. The largest absolute Gasteiger partial charge is 0.355 e. The molecule has 2 heterocycles. The van der Waals surface area contributed by atoms with Crippen LogP contribution in [0.1, 0.15) is 12.8 Å². The van der Waals surface area contributed by atoms with Crippen LogP contribution >= 0.6 is 11.6 Å². The van der Waals surface area contributed by atoms with Crippen molar-refractivity contribution in [3.05, 3.63) is 47.6 Å². The van der Waals surface area contributed by atoms with E-state index in [9.17, 15) is 9.59 Å². The summed E-state index contributed by atoms with van der Waals surface area (Å²) in [4.78, 5) is 26.1. The van der Waals surface area contributed by atoms with Gasteiger partial charge in [0.25, 0.3) is 0 Å². The molecule has 0 unspecified atom stereocenters. The number of anilines is 2. The third-order valence-electron chi connectivity index (χ3n) is 4.23. The van der Waals surface area contributed by atoms with Crippen LogP contribution in [-0.2, 0) is 4.79 Å². The molecule has 1 aromatic heterocycles. The summed E-state index contributed by atoms with van der Waals surface area (Å²) in [6.45, 7) is 1.51. The molecule has 3 rings (SSSR count). The Hall–Kier alpha value is -2.87. The lowest BCUT2D eigenvalue weighted by molar-refractivity contribution is -0.120. The van der Waals surface area contributed by atoms with Crippen LogP contribution in [0.15, 0.2) is 42.6 Å². The predicted octanol–water partition coefficient (Wildman–Crippen LogP) is 2.04. The number of urea groups is 1. The van der Waals surface area contributed by atoms with Gasteiger partial charge in [-0.2, -0.15) is 5.10 Å². The molecule has 1 aliphatic heterocycles. The molecule has 8 nitrogen and oxygen atoms in total. The van der Waals surface area contributed by atoms with Crippen LogP contribution in [0, 0.1) is 0 Å².